The lowest BCUT2D eigenvalue weighted by Crippen LogP contribution is -2.30. The van der Waals surface area contributed by atoms with E-state index in [1.807, 2.05) is 0 Å². The molecule has 0 aromatic heterocycles. The summed E-state index contributed by atoms with van der Waals surface area (Å²) >= 11 is 0. The Balaban J connectivity index is 1.26. The molecule has 156 valence electrons. The van der Waals surface area contributed by atoms with E-state index in [2.05, 4.69) is 6.92 Å². The van der Waals surface area contributed by atoms with Crippen LogP contribution in [0.15, 0.2) is 0 Å². The number of unbranched alkanes of at least 4 members (excludes halogenated alkanes) is 1. The molecule has 27 heavy (non-hydrogen) atoms. The highest BCUT2D eigenvalue weighted by atomic mass is 14.5. The van der Waals surface area contributed by atoms with Gasteiger partial charge in [-0.15, -0.1) is 0 Å². The molecule has 0 nitrogen and oxygen atoms in total. The van der Waals surface area contributed by atoms with E-state index in [1.54, 1.807) is 103 Å². The van der Waals surface area contributed by atoms with Gasteiger partial charge >= 0.3 is 0 Å². The lowest BCUT2D eigenvalue weighted by Gasteiger charge is -2.38. The minimum absolute atomic E-state index is 1.02. The second-order valence-electron chi connectivity index (χ2n) is 11.4. The van der Waals surface area contributed by atoms with E-state index in [-0.39, 0.29) is 0 Å². The molecule has 0 radical (unpaired) electrons. The summed E-state index contributed by atoms with van der Waals surface area (Å²) in [7, 11) is 0. The standard InChI is InChI=1S/C27H48/c1-21-15-17-22(18-16-21)9-5-6-14-25-19-20-26(23-10-7-8-11-23)27(25)24-12-3-2-4-13-24/h21-27H,2-20H2,1H3. The van der Waals surface area contributed by atoms with Crippen LogP contribution in [0, 0.1) is 41.4 Å². The highest BCUT2D eigenvalue weighted by Gasteiger charge is 2.44. The Morgan fingerprint density at radius 1 is 0.556 bits per heavy atom. The summed E-state index contributed by atoms with van der Waals surface area (Å²) < 4.78 is 0. The highest BCUT2D eigenvalue weighted by Crippen LogP contribution is 2.53. The molecule has 0 N–H and O–H groups in total. The van der Waals surface area contributed by atoms with Gasteiger partial charge in [0.1, 0.15) is 0 Å². The summed E-state index contributed by atoms with van der Waals surface area (Å²) in [6, 6.07) is 0. The van der Waals surface area contributed by atoms with Crippen molar-refractivity contribution in [2.45, 2.75) is 129 Å². The maximum Gasteiger partial charge on any atom is -0.0326 e. The van der Waals surface area contributed by atoms with Gasteiger partial charge in [0.05, 0.1) is 0 Å². The first kappa shape index (κ1) is 20.3. The van der Waals surface area contributed by atoms with Gasteiger partial charge < -0.3 is 0 Å². The van der Waals surface area contributed by atoms with Crippen molar-refractivity contribution in [3.63, 3.8) is 0 Å². The van der Waals surface area contributed by atoms with Crippen LogP contribution in [0.2, 0.25) is 0 Å². The fraction of sp³-hybridized carbons (Fsp3) is 1.00. The molecule has 0 heteroatoms. The van der Waals surface area contributed by atoms with Crippen molar-refractivity contribution in [1.82, 2.24) is 0 Å². The van der Waals surface area contributed by atoms with Crippen LogP contribution in [0.5, 0.6) is 0 Å². The average Bonchev–Trinajstić information content (AvgIpc) is 3.37. The minimum Gasteiger partial charge on any atom is -0.0625 e. The van der Waals surface area contributed by atoms with Crippen molar-refractivity contribution in [2.24, 2.45) is 41.4 Å². The molecule has 3 atom stereocenters. The third-order valence-corrected chi connectivity index (χ3v) is 9.68. The lowest BCUT2D eigenvalue weighted by atomic mass is 9.68. The zero-order valence-corrected chi connectivity index (χ0v) is 18.5. The molecule has 3 unspecified atom stereocenters. The van der Waals surface area contributed by atoms with Crippen LogP contribution < -0.4 is 0 Å². The molecule has 0 saturated heterocycles. The van der Waals surface area contributed by atoms with Crippen molar-refractivity contribution in [1.29, 1.82) is 0 Å². The molecule has 0 aliphatic heterocycles. The van der Waals surface area contributed by atoms with E-state index < -0.39 is 0 Å². The van der Waals surface area contributed by atoms with Gasteiger partial charge in [-0.25, -0.2) is 0 Å². The number of hydrogen-bond acceptors (Lipinski definition) is 0. The van der Waals surface area contributed by atoms with E-state index in [0.29, 0.717) is 0 Å². The van der Waals surface area contributed by atoms with Crippen molar-refractivity contribution in [2.75, 3.05) is 0 Å². The summed E-state index contributed by atoms with van der Waals surface area (Å²) in [5.41, 5.74) is 0. The molecule has 0 aromatic rings. The fourth-order valence-corrected chi connectivity index (χ4v) is 8.12. The van der Waals surface area contributed by atoms with Gasteiger partial charge in [-0.3, -0.25) is 0 Å². The van der Waals surface area contributed by atoms with Gasteiger partial charge in [-0.05, 0) is 54.3 Å². The normalized spacial score (nSPS) is 39.2. The van der Waals surface area contributed by atoms with Crippen molar-refractivity contribution in [3.05, 3.63) is 0 Å². The van der Waals surface area contributed by atoms with E-state index in [0.717, 1.165) is 41.4 Å². The van der Waals surface area contributed by atoms with Crippen LogP contribution in [0.3, 0.4) is 0 Å². The fourth-order valence-electron chi connectivity index (χ4n) is 8.12. The second-order valence-corrected chi connectivity index (χ2v) is 11.4. The Morgan fingerprint density at radius 2 is 1.19 bits per heavy atom. The Labute approximate surface area is 170 Å². The van der Waals surface area contributed by atoms with E-state index in [4.69, 9.17) is 0 Å². The maximum absolute atomic E-state index is 2.46. The first-order valence-corrected chi connectivity index (χ1v) is 13.3. The molecule has 4 saturated carbocycles. The van der Waals surface area contributed by atoms with Crippen molar-refractivity contribution in [3.8, 4) is 0 Å². The monoisotopic (exact) mass is 372 g/mol. The minimum atomic E-state index is 1.02. The molecule has 0 aromatic carbocycles. The molecule has 0 heterocycles. The Hall–Kier alpha value is 0. The lowest BCUT2D eigenvalue weighted by molar-refractivity contribution is 0.118. The third-order valence-electron chi connectivity index (χ3n) is 9.68. The summed E-state index contributed by atoms with van der Waals surface area (Å²) in [5.74, 6) is 7.76. The summed E-state index contributed by atoms with van der Waals surface area (Å²) in [6.45, 7) is 2.46. The molecule has 0 spiro atoms. The molecular formula is C27H48. The Kier molecular flexibility index (Phi) is 7.63. The second kappa shape index (κ2) is 10.2. The van der Waals surface area contributed by atoms with Crippen LogP contribution in [0.1, 0.15) is 129 Å². The predicted octanol–water partition coefficient (Wildman–Crippen LogP) is 8.79. The molecular weight excluding hydrogens is 324 g/mol. The van der Waals surface area contributed by atoms with E-state index >= 15 is 0 Å². The van der Waals surface area contributed by atoms with Gasteiger partial charge in [0.15, 0.2) is 0 Å². The van der Waals surface area contributed by atoms with Gasteiger partial charge in [0.2, 0.25) is 0 Å². The van der Waals surface area contributed by atoms with E-state index in [1.165, 1.54) is 19.3 Å². The van der Waals surface area contributed by atoms with Gasteiger partial charge in [-0.2, -0.15) is 0 Å². The number of rotatable bonds is 7. The average molecular weight is 373 g/mol. The summed E-state index contributed by atoms with van der Waals surface area (Å²) in [4.78, 5) is 0. The number of hydrogen-bond donors (Lipinski definition) is 0. The first-order chi connectivity index (χ1) is 13.3. The molecule has 0 bridgehead atoms. The van der Waals surface area contributed by atoms with Gasteiger partial charge in [-0.1, -0.05) is 116 Å². The van der Waals surface area contributed by atoms with Crippen molar-refractivity contribution >= 4 is 0 Å². The summed E-state index contributed by atoms with van der Waals surface area (Å²) in [5, 5.41) is 0. The maximum atomic E-state index is 2.46. The molecule has 0 amide bonds. The van der Waals surface area contributed by atoms with Gasteiger partial charge in [0, 0.05) is 0 Å². The predicted molar refractivity (Wildman–Crippen MR) is 118 cm³/mol. The topological polar surface area (TPSA) is 0 Å². The Morgan fingerprint density at radius 3 is 1.93 bits per heavy atom. The first-order valence-electron chi connectivity index (χ1n) is 13.3. The smallest absolute Gasteiger partial charge is 0.0326 e. The third kappa shape index (κ3) is 5.33. The quantitative estimate of drug-likeness (QED) is 0.392. The molecule has 4 fully saturated rings. The molecule has 4 aliphatic carbocycles. The van der Waals surface area contributed by atoms with Crippen LogP contribution in [-0.2, 0) is 0 Å². The molecule has 4 aliphatic rings. The van der Waals surface area contributed by atoms with E-state index in [9.17, 15) is 0 Å². The van der Waals surface area contributed by atoms with Crippen LogP contribution in [0.25, 0.3) is 0 Å². The zero-order chi connectivity index (χ0) is 18.5. The van der Waals surface area contributed by atoms with Crippen LogP contribution in [0.4, 0.5) is 0 Å². The van der Waals surface area contributed by atoms with Crippen LogP contribution >= 0.6 is 0 Å². The zero-order valence-electron chi connectivity index (χ0n) is 18.5. The van der Waals surface area contributed by atoms with Crippen LogP contribution in [-0.4, -0.2) is 0 Å². The highest BCUT2D eigenvalue weighted by molar-refractivity contribution is 4.94. The summed E-state index contributed by atoms with van der Waals surface area (Å²) in [6.07, 6.45) is 29.6. The SMILES string of the molecule is CC1CCC(CCCCC2CCC(C3CCCC3)C2C2CCCCC2)CC1. The molecule has 4 rings (SSSR count). The van der Waals surface area contributed by atoms with Gasteiger partial charge in [0.25, 0.3) is 0 Å². The Bertz CT molecular complexity index is 406. The largest absolute Gasteiger partial charge is 0.0625 e. The van der Waals surface area contributed by atoms with Crippen molar-refractivity contribution < 1.29 is 0 Å².